The highest BCUT2D eigenvalue weighted by Gasteiger charge is 2.42. The van der Waals surface area contributed by atoms with Crippen LogP contribution in [0.25, 0.3) is 0 Å². The Hall–Kier alpha value is -1.53. The second-order valence-corrected chi connectivity index (χ2v) is 6.18. The highest BCUT2D eigenvalue weighted by Crippen LogP contribution is 2.29. The molecule has 0 saturated carbocycles. The predicted octanol–water partition coefficient (Wildman–Crippen LogP) is 1.92. The van der Waals surface area contributed by atoms with Crippen LogP contribution < -0.4 is 10.2 Å². The fraction of sp³-hybridized carbons (Fsp3) is 0.533. The van der Waals surface area contributed by atoms with Gasteiger partial charge in [-0.3, -0.25) is 0 Å². The second kappa shape index (κ2) is 5.69. The molecule has 1 aliphatic heterocycles. The average Bonchev–Trinajstić information content (AvgIpc) is 2.71. The summed E-state index contributed by atoms with van der Waals surface area (Å²) in [6.45, 7) is 12.0. The van der Waals surface area contributed by atoms with Crippen molar-refractivity contribution in [1.82, 2.24) is 4.98 Å². The van der Waals surface area contributed by atoms with Crippen molar-refractivity contribution in [3.05, 3.63) is 30.7 Å². The molecule has 1 fully saturated rings. The third-order valence-corrected chi connectivity index (χ3v) is 3.47. The Bertz CT molecular complexity index is 513. The first-order chi connectivity index (χ1) is 9.73. The van der Waals surface area contributed by atoms with Gasteiger partial charge in [-0.25, -0.2) is 4.98 Å². The van der Waals surface area contributed by atoms with E-state index in [1.54, 1.807) is 19.4 Å². The Morgan fingerprint density at radius 2 is 2.10 bits per heavy atom. The lowest BCUT2D eigenvalue weighted by atomic mass is 9.80. The summed E-state index contributed by atoms with van der Waals surface area (Å²) < 4.78 is 22.3. The van der Waals surface area contributed by atoms with E-state index in [9.17, 15) is 0 Å². The number of pyridine rings is 1. The number of hydrogen-bond acceptors (Lipinski definition) is 5. The first-order valence-corrected chi connectivity index (χ1v) is 6.91. The van der Waals surface area contributed by atoms with Crippen LogP contribution >= 0.6 is 0 Å². The van der Waals surface area contributed by atoms with Crippen molar-refractivity contribution in [2.75, 3.05) is 13.7 Å². The molecule has 0 radical (unpaired) electrons. The van der Waals surface area contributed by atoms with E-state index in [0.717, 1.165) is 5.46 Å². The maximum Gasteiger partial charge on any atom is 0.564 e. The van der Waals surface area contributed by atoms with Gasteiger partial charge in [-0.15, -0.1) is 0 Å². The van der Waals surface area contributed by atoms with Crippen molar-refractivity contribution >= 4 is 12.6 Å². The summed E-state index contributed by atoms with van der Waals surface area (Å²) in [5.74, 6) is 1.16. The van der Waals surface area contributed by atoms with Crippen molar-refractivity contribution in [2.24, 2.45) is 0 Å². The molecule has 0 atom stereocenters. The quantitative estimate of drug-likeness (QED) is 0.776. The van der Waals surface area contributed by atoms with Crippen molar-refractivity contribution in [3.63, 3.8) is 0 Å². The van der Waals surface area contributed by atoms with E-state index in [1.807, 2.05) is 33.8 Å². The van der Waals surface area contributed by atoms with Crippen LogP contribution in [0.4, 0.5) is 0 Å². The van der Waals surface area contributed by atoms with Gasteiger partial charge in [0, 0.05) is 18.8 Å². The number of aromatic nitrogens is 1. The minimum atomic E-state index is -0.484. The van der Waals surface area contributed by atoms with E-state index < -0.39 is 12.7 Å². The predicted molar refractivity (Wildman–Crippen MR) is 81.6 cm³/mol. The Balaban J connectivity index is 1.99. The molecule has 0 unspecified atom stereocenters. The fourth-order valence-electron chi connectivity index (χ4n) is 1.69. The molecule has 21 heavy (non-hydrogen) atoms. The van der Waals surface area contributed by atoms with Crippen LogP contribution in [-0.2, 0) is 14.0 Å². The van der Waals surface area contributed by atoms with Gasteiger partial charge in [0.25, 0.3) is 0 Å². The summed E-state index contributed by atoms with van der Waals surface area (Å²) in [7, 11) is 1.19. The molecule has 0 aliphatic carbocycles. The minimum Gasteiger partial charge on any atom is -0.534 e. The highest BCUT2D eigenvalue weighted by molar-refractivity contribution is 6.62. The Morgan fingerprint density at radius 3 is 2.57 bits per heavy atom. The van der Waals surface area contributed by atoms with Gasteiger partial charge in [-0.05, 0) is 33.8 Å². The molecule has 0 spiro atoms. The molecule has 1 aliphatic rings. The van der Waals surface area contributed by atoms with E-state index in [4.69, 9.17) is 18.8 Å². The number of hydrogen-bond donors (Lipinski definition) is 0. The van der Waals surface area contributed by atoms with Crippen LogP contribution in [0.1, 0.15) is 27.7 Å². The molecule has 0 N–H and O–H groups in total. The largest absolute Gasteiger partial charge is 0.564 e. The number of rotatable bonds is 5. The van der Waals surface area contributed by atoms with Gasteiger partial charge in [0.1, 0.15) is 12.2 Å². The average molecular weight is 291 g/mol. The van der Waals surface area contributed by atoms with Gasteiger partial charge in [-0.2, -0.15) is 0 Å². The zero-order valence-electron chi connectivity index (χ0n) is 13.3. The first kappa shape index (κ1) is 15.9. The first-order valence-electron chi connectivity index (χ1n) is 6.91. The molecular weight excluding hydrogens is 269 g/mol. The lowest BCUT2D eigenvalue weighted by Gasteiger charge is -2.22. The van der Waals surface area contributed by atoms with Crippen molar-refractivity contribution in [3.8, 4) is 5.88 Å². The van der Waals surface area contributed by atoms with E-state index in [1.165, 1.54) is 0 Å². The molecule has 2 heterocycles. The molecule has 114 valence electrons. The summed E-state index contributed by atoms with van der Waals surface area (Å²) >= 11 is 0. The Morgan fingerprint density at radius 1 is 1.38 bits per heavy atom. The molecule has 0 bridgehead atoms. The van der Waals surface area contributed by atoms with Crippen molar-refractivity contribution in [2.45, 2.75) is 38.9 Å². The molecule has 1 aromatic heterocycles. The Kier molecular flexibility index (Phi) is 4.30. The zero-order chi connectivity index (χ0) is 15.7. The van der Waals surface area contributed by atoms with Gasteiger partial charge in [0.05, 0.1) is 11.4 Å². The number of ether oxygens (including phenoxy) is 2. The van der Waals surface area contributed by atoms with Gasteiger partial charge in [0.2, 0.25) is 5.88 Å². The standard InChI is InChI=1S/C15H22BNO4/c1-11-15(4,5)21-16(20-11)12-7-8-13(17-9-12)19-10-14(2,3)18-6/h7-9H,1,10H2,2-6H3. The molecule has 1 aromatic rings. The van der Waals surface area contributed by atoms with Crippen LogP contribution in [0.2, 0.25) is 0 Å². The molecule has 0 amide bonds. The molecule has 0 aromatic carbocycles. The van der Waals surface area contributed by atoms with Gasteiger partial charge >= 0.3 is 7.12 Å². The minimum absolute atomic E-state index is 0.347. The van der Waals surface area contributed by atoms with Gasteiger partial charge < -0.3 is 18.8 Å². The maximum absolute atomic E-state index is 5.80. The lowest BCUT2D eigenvalue weighted by molar-refractivity contribution is -0.0157. The highest BCUT2D eigenvalue weighted by atomic mass is 16.7. The van der Waals surface area contributed by atoms with E-state index >= 15 is 0 Å². The van der Waals surface area contributed by atoms with Gasteiger partial charge in [-0.1, -0.05) is 12.6 Å². The smallest absolute Gasteiger partial charge is 0.534 e. The van der Waals surface area contributed by atoms with Crippen molar-refractivity contribution in [1.29, 1.82) is 0 Å². The summed E-state index contributed by atoms with van der Waals surface area (Å²) in [6.07, 6.45) is 1.69. The Labute approximate surface area is 126 Å². The molecule has 1 saturated heterocycles. The third kappa shape index (κ3) is 3.77. The molecule has 5 nitrogen and oxygen atoms in total. The molecule has 6 heteroatoms. The van der Waals surface area contributed by atoms with E-state index in [2.05, 4.69) is 11.6 Å². The van der Waals surface area contributed by atoms with Crippen LogP contribution in [-0.4, -0.2) is 37.0 Å². The van der Waals surface area contributed by atoms with Crippen LogP contribution in [0, 0.1) is 0 Å². The van der Waals surface area contributed by atoms with Gasteiger partial charge in [0.15, 0.2) is 0 Å². The SMILES string of the molecule is C=C1OB(c2ccc(OCC(C)(C)OC)nc2)OC1(C)C. The molecule has 2 rings (SSSR count). The van der Waals surface area contributed by atoms with Crippen LogP contribution in [0.5, 0.6) is 5.88 Å². The fourth-order valence-corrected chi connectivity index (χ4v) is 1.69. The zero-order valence-corrected chi connectivity index (χ0v) is 13.3. The number of methoxy groups -OCH3 is 1. The second-order valence-electron chi connectivity index (χ2n) is 6.18. The maximum atomic E-state index is 5.80. The van der Waals surface area contributed by atoms with E-state index in [-0.39, 0.29) is 5.60 Å². The van der Waals surface area contributed by atoms with Crippen LogP contribution in [0.3, 0.4) is 0 Å². The van der Waals surface area contributed by atoms with E-state index in [0.29, 0.717) is 18.2 Å². The summed E-state index contributed by atoms with van der Waals surface area (Å²) in [6, 6.07) is 3.67. The summed E-state index contributed by atoms with van der Waals surface area (Å²) in [5, 5.41) is 0. The lowest BCUT2D eigenvalue weighted by Crippen LogP contribution is -2.35. The van der Waals surface area contributed by atoms with Crippen LogP contribution in [0.15, 0.2) is 30.7 Å². The molecular formula is C15H22BNO4. The topological polar surface area (TPSA) is 49.8 Å². The third-order valence-electron chi connectivity index (χ3n) is 3.47. The number of nitrogens with zero attached hydrogens (tertiary/aromatic N) is 1. The van der Waals surface area contributed by atoms with Crippen molar-refractivity contribution < 1.29 is 18.8 Å². The monoisotopic (exact) mass is 291 g/mol. The summed E-state index contributed by atoms with van der Waals surface area (Å²) in [4.78, 5) is 4.27. The summed E-state index contributed by atoms with van der Waals surface area (Å²) in [5.41, 5.74) is 0.00217. The normalized spacial score (nSPS) is 17.8.